The highest BCUT2D eigenvalue weighted by Crippen LogP contribution is 2.23. The van der Waals surface area contributed by atoms with Gasteiger partial charge in [0.1, 0.15) is 0 Å². The quantitative estimate of drug-likeness (QED) is 0.862. The minimum atomic E-state index is -0.756. The molecule has 3 nitrogen and oxygen atoms in total. The highest BCUT2D eigenvalue weighted by atomic mass is 35.5. The summed E-state index contributed by atoms with van der Waals surface area (Å²) in [5, 5.41) is 9.42. The van der Waals surface area contributed by atoms with Crippen LogP contribution >= 0.6 is 11.6 Å². The SMILES string of the molecule is C[C@@H](c1ccc(Cl)cc1)[C@H](C)N(C)CCC(=O)O. The number of halogens is 1. The molecule has 2 atom stereocenters. The largest absolute Gasteiger partial charge is 0.481 e. The molecule has 18 heavy (non-hydrogen) atoms. The lowest BCUT2D eigenvalue weighted by Crippen LogP contribution is -2.34. The van der Waals surface area contributed by atoms with Gasteiger partial charge in [0.25, 0.3) is 0 Å². The van der Waals surface area contributed by atoms with Gasteiger partial charge in [-0.3, -0.25) is 4.79 Å². The molecule has 0 aromatic heterocycles. The molecule has 0 unspecified atom stereocenters. The summed E-state index contributed by atoms with van der Waals surface area (Å²) in [6, 6.07) is 8.10. The van der Waals surface area contributed by atoms with Crippen molar-refractivity contribution in [2.24, 2.45) is 0 Å². The van der Waals surface area contributed by atoms with E-state index in [4.69, 9.17) is 16.7 Å². The first-order valence-electron chi connectivity index (χ1n) is 6.09. The van der Waals surface area contributed by atoms with E-state index < -0.39 is 5.97 Å². The predicted molar refractivity (Wildman–Crippen MR) is 74.2 cm³/mol. The number of benzene rings is 1. The number of hydrogen-bond acceptors (Lipinski definition) is 2. The summed E-state index contributed by atoms with van der Waals surface area (Å²) in [6.07, 6.45) is 0.175. The van der Waals surface area contributed by atoms with Gasteiger partial charge in [-0.15, -0.1) is 0 Å². The number of carbonyl (C=O) groups is 1. The lowest BCUT2D eigenvalue weighted by atomic mass is 9.93. The van der Waals surface area contributed by atoms with Crippen LogP contribution in [0.25, 0.3) is 0 Å². The first-order chi connectivity index (χ1) is 8.41. The second-order valence-corrected chi connectivity index (χ2v) is 5.14. The van der Waals surface area contributed by atoms with Crippen molar-refractivity contribution in [3.63, 3.8) is 0 Å². The fourth-order valence-electron chi connectivity index (χ4n) is 1.90. The van der Waals surface area contributed by atoms with Crippen LogP contribution in [0.4, 0.5) is 0 Å². The van der Waals surface area contributed by atoms with Crippen LogP contribution in [-0.4, -0.2) is 35.6 Å². The van der Waals surface area contributed by atoms with Crippen LogP contribution in [0.5, 0.6) is 0 Å². The molecule has 1 aromatic rings. The van der Waals surface area contributed by atoms with Crippen molar-refractivity contribution < 1.29 is 9.90 Å². The molecule has 0 fully saturated rings. The highest BCUT2D eigenvalue weighted by molar-refractivity contribution is 6.30. The molecule has 0 saturated carbocycles. The molecule has 0 aliphatic heterocycles. The van der Waals surface area contributed by atoms with Crippen molar-refractivity contribution in [1.82, 2.24) is 4.90 Å². The fourth-order valence-corrected chi connectivity index (χ4v) is 2.03. The monoisotopic (exact) mass is 269 g/mol. The van der Waals surface area contributed by atoms with Gasteiger partial charge in [-0.1, -0.05) is 30.7 Å². The van der Waals surface area contributed by atoms with E-state index in [1.165, 1.54) is 5.56 Å². The van der Waals surface area contributed by atoms with E-state index >= 15 is 0 Å². The normalized spacial score (nSPS) is 14.5. The predicted octanol–water partition coefficient (Wildman–Crippen LogP) is 3.24. The van der Waals surface area contributed by atoms with Gasteiger partial charge >= 0.3 is 5.97 Å². The molecular weight excluding hydrogens is 250 g/mol. The molecular formula is C14H20ClNO2. The van der Waals surface area contributed by atoms with Crippen molar-refractivity contribution in [3.8, 4) is 0 Å². The number of carboxylic acid groups (broad SMARTS) is 1. The zero-order valence-corrected chi connectivity index (χ0v) is 11.8. The van der Waals surface area contributed by atoms with Crippen LogP contribution in [0.15, 0.2) is 24.3 Å². The molecule has 4 heteroatoms. The van der Waals surface area contributed by atoms with Gasteiger partial charge in [-0.2, -0.15) is 0 Å². The zero-order chi connectivity index (χ0) is 13.7. The standard InChI is InChI=1S/C14H20ClNO2/c1-10(12-4-6-13(15)7-5-12)11(2)16(3)9-8-14(17)18/h4-7,10-11H,8-9H2,1-3H3,(H,17,18)/t10-,11+/m1/s1. The highest BCUT2D eigenvalue weighted by Gasteiger charge is 2.18. The second-order valence-electron chi connectivity index (χ2n) is 4.71. The Kier molecular flexibility index (Phi) is 5.63. The Bertz CT molecular complexity index is 391. The summed E-state index contributed by atoms with van der Waals surface area (Å²) in [5.41, 5.74) is 1.22. The third-order valence-corrected chi connectivity index (χ3v) is 3.75. The molecule has 1 N–H and O–H groups in total. The molecule has 0 amide bonds. The van der Waals surface area contributed by atoms with Gasteiger partial charge in [-0.25, -0.2) is 0 Å². The van der Waals surface area contributed by atoms with Crippen LogP contribution < -0.4 is 0 Å². The number of likely N-dealkylation sites (N-methyl/N-ethyl adjacent to an activating group) is 1. The second kappa shape index (κ2) is 6.76. The Labute approximate surface area is 113 Å². The van der Waals surface area contributed by atoms with Crippen LogP contribution in [0, 0.1) is 0 Å². The van der Waals surface area contributed by atoms with E-state index in [0.717, 1.165) is 5.02 Å². The zero-order valence-electron chi connectivity index (χ0n) is 11.1. The molecule has 0 saturated heterocycles. The van der Waals surface area contributed by atoms with E-state index in [-0.39, 0.29) is 12.5 Å². The van der Waals surface area contributed by atoms with Crippen molar-refractivity contribution in [1.29, 1.82) is 0 Å². The summed E-state index contributed by atoms with van der Waals surface area (Å²) in [7, 11) is 1.96. The Balaban J connectivity index is 2.62. The summed E-state index contributed by atoms with van der Waals surface area (Å²) in [4.78, 5) is 12.6. The lowest BCUT2D eigenvalue weighted by Gasteiger charge is -2.29. The third-order valence-electron chi connectivity index (χ3n) is 3.49. The van der Waals surface area contributed by atoms with Gasteiger partial charge in [0.05, 0.1) is 6.42 Å². The maximum Gasteiger partial charge on any atom is 0.304 e. The molecule has 0 heterocycles. The molecule has 1 aromatic carbocycles. The van der Waals surface area contributed by atoms with Gasteiger partial charge in [0.15, 0.2) is 0 Å². The Morgan fingerprint density at radius 1 is 1.33 bits per heavy atom. The van der Waals surface area contributed by atoms with Crippen molar-refractivity contribution >= 4 is 17.6 Å². The average Bonchev–Trinajstić information content (AvgIpc) is 2.35. The smallest absolute Gasteiger partial charge is 0.304 e. The number of aliphatic carboxylic acids is 1. The van der Waals surface area contributed by atoms with Crippen LogP contribution in [0.2, 0.25) is 5.02 Å². The van der Waals surface area contributed by atoms with Gasteiger partial charge < -0.3 is 10.0 Å². The summed E-state index contributed by atoms with van der Waals surface area (Å²) >= 11 is 5.87. The topological polar surface area (TPSA) is 40.5 Å². The minimum absolute atomic E-state index is 0.175. The molecule has 0 aliphatic carbocycles. The maximum atomic E-state index is 10.6. The Hall–Kier alpha value is -1.06. The van der Waals surface area contributed by atoms with Crippen molar-refractivity contribution in [3.05, 3.63) is 34.9 Å². The Morgan fingerprint density at radius 3 is 2.39 bits per heavy atom. The number of nitrogens with zero attached hydrogens (tertiary/aromatic N) is 1. The first kappa shape index (κ1) is 15.0. The van der Waals surface area contributed by atoms with Crippen molar-refractivity contribution in [2.45, 2.75) is 32.2 Å². The molecule has 0 aliphatic rings. The van der Waals surface area contributed by atoms with E-state index in [2.05, 4.69) is 18.7 Å². The van der Waals surface area contributed by atoms with E-state index in [1.54, 1.807) is 0 Å². The summed E-state index contributed by atoms with van der Waals surface area (Å²) < 4.78 is 0. The summed E-state index contributed by atoms with van der Waals surface area (Å²) in [5.74, 6) is -0.422. The number of rotatable bonds is 6. The van der Waals surface area contributed by atoms with E-state index in [0.29, 0.717) is 12.5 Å². The molecule has 0 bridgehead atoms. The van der Waals surface area contributed by atoms with Crippen LogP contribution in [0.3, 0.4) is 0 Å². The minimum Gasteiger partial charge on any atom is -0.481 e. The van der Waals surface area contributed by atoms with Crippen molar-refractivity contribution in [2.75, 3.05) is 13.6 Å². The summed E-state index contributed by atoms with van der Waals surface area (Å²) in [6.45, 7) is 4.82. The van der Waals surface area contributed by atoms with E-state index in [9.17, 15) is 4.79 Å². The molecule has 100 valence electrons. The molecule has 0 radical (unpaired) electrons. The van der Waals surface area contributed by atoms with E-state index in [1.807, 2.05) is 31.3 Å². The van der Waals surface area contributed by atoms with Gasteiger partial charge in [0, 0.05) is 17.6 Å². The van der Waals surface area contributed by atoms with Crippen LogP contribution in [0.1, 0.15) is 31.7 Å². The lowest BCUT2D eigenvalue weighted by molar-refractivity contribution is -0.137. The number of carboxylic acids is 1. The molecule has 0 spiro atoms. The molecule has 1 rings (SSSR count). The fraction of sp³-hybridized carbons (Fsp3) is 0.500. The first-order valence-corrected chi connectivity index (χ1v) is 6.47. The third kappa shape index (κ3) is 4.31. The maximum absolute atomic E-state index is 10.6. The Morgan fingerprint density at radius 2 is 1.89 bits per heavy atom. The number of hydrogen-bond donors (Lipinski definition) is 1. The van der Waals surface area contributed by atoms with Gasteiger partial charge in [0.2, 0.25) is 0 Å². The van der Waals surface area contributed by atoms with Crippen LogP contribution in [-0.2, 0) is 4.79 Å². The van der Waals surface area contributed by atoms with Gasteiger partial charge in [-0.05, 0) is 37.6 Å². The average molecular weight is 270 g/mol.